The van der Waals surface area contributed by atoms with Crippen molar-refractivity contribution in [2.75, 3.05) is 24.6 Å². The highest BCUT2D eigenvalue weighted by Gasteiger charge is 2.35. The summed E-state index contributed by atoms with van der Waals surface area (Å²) in [4.78, 5) is 20.5. The van der Waals surface area contributed by atoms with Gasteiger partial charge in [-0.2, -0.15) is 0 Å². The van der Waals surface area contributed by atoms with Crippen LogP contribution in [0.5, 0.6) is 0 Å². The molecule has 7 nitrogen and oxygen atoms in total. The normalized spacial score (nSPS) is 15.2. The molecule has 2 atom stereocenters. The number of hydrogen-bond donors (Lipinski definition) is 2. The molecule has 0 fully saturated rings. The Kier molecular flexibility index (Phi) is 7.69. The van der Waals surface area contributed by atoms with Crippen LogP contribution in [-0.2, 0) is 13.0 Å². The van der Waals surface area contributed by atoms with E-state index < -0.39 is 18.2 Å². The number of aliphatic hydroxyl groups is 1. The van der Waals surface area contributed by atoms with Crippen LogP contribution < -0.4 is 4.90 Å². The van der Waals surface area contributed by atoms with E-state index in [1.165, 1.54) is 17.0 Å². The molecular weight excluding hydrogens is 506 g/mol. The van der Waals surface area contributed by atoms with Crippen LogP contribution in [0.25, 0.3) is 11.0 Å². The van der Waals surface area contributed by atoms with Gasteiger partial charge in [0.2, 0.25) is 0 Å². The van der Waals surface area contributed by atoms with Crippen LogP contribution in [0, 0.1) is 11.2 Å². The summed E-state index contributed by atoms with van der Waals surface area (Å²) in [5.74, 6) is -0.291. The third-order valence-electron chi connectivity index (χ3n) is 6.60. The van der Waals surface area contributed by atoms with Gasteiger partial charge in [0.1, 0.15) is 5.82 Å². The predicted octanol–water partition coefficient (Wildman–Crippen LogP) is 5.69. The molecule has 1 aromatic heterocycles. The van der Waals surface area contributed by atoms with Crippen molar-refractivity contribution in [3.8, 4) is 0 Å². The Morgan fingerprint density at radius 1 is 1.17 bits per heavy atom. The number of rotatable bonds is 8. The van der Waals surface area contributed by atoms with E-state index in [2.05, 4.69) is 25.8 Å². The van der Waals surface area contributed by atoms with E-state index in [-0.39, 0.29) is 17.8 Å². The van der Waals surface area contributed by atoms with E-state index in [0.717, 1.165) is 16.8 Å². The average Bonchev–Trinajstić information content (AvgIpc) is 3.35. The van der Waals surface area contributed by atoms with Gasteiger partial charge < -0.3 is 19.7 Å². The Morgan fingerprint density at radius 3 is 2.56 bits per heavy atom. The van der Waals surface area contributed by atoms with Gasteiger partial charge in [0.05, 0.1) is 46.1 Å². The van der Waals surface area contributed by atoms with E-state index in [4.69, 9.17) is 23.2 Å². The third kappa shape index (κ3) is 5.71. The fourth-order valence-electron chi connectivity index (χ4n) is 5.11. The second kappa shape index (κ2) is 10.4. The fourth-order valence-corrected chi connectivity index (χ4v) is 5.43. The molecule has 2 aromatic carbocycles. The maximum Gasteiger partial charge on any atom is 0.408 e. The zero-order valence-electron chi connectivity index (χ0n) is 20.6. The number of anilines is 1. The Bertz CT molecular complexity index is 1260. The van der Waals surface area contributed by atoms with Crippen molar-refractivity contribution >= 4 is 46.0 Å². The van der Waals surface area contributed by atoms with Crippen LogP contribution in [0.1, 0.15) is 32.8 Å². The van der Waals surface area contributed by atoms with Crippen molar-refractivity contribution in [2.24, 2.45) is 5.41 Å². The molecule has 0 spiro atoms. The van der Waals surface area contributed by atoms with Crippen LogP contribution in [0.3, 0.4) is 0 Å². The largest absolute Gasteiger partial charge is 0.465 e. The van der Waals surface area contributed by atoms with Gasteiger partial charge in [-0.1, -0.05) is 44.0 Å². The lowest BCUT2D eigenvalue weighted by atomic mass is 9.87. The molecule has 3 aromatic rings. The molecule has 0 aliphatic carbocycles. The molecule has 0 radical (unpaired) electrons. The molecule has 0 saturated carbocycles. The Morgan fingerprint density at radius 2 is 1.89 bits per heavy atom. The van der Waals surface area contributed by atoms with Crippen molar-refractivity contribution in [3.05, 3.63) is 58.1 Å². The van der Waals surface area contributed by atoms with Crippen LogP contribution in [0.15, 0.2) is 36.7 Å². The number of amides is 1. The number of benzene rings is 2. The lowest BCUT2D eigenvalue weighted by molar-refractivity contribution is 0.0549. The first-order valence-electron chi connectivity index (χ1n) is 11.9. The van der Waals surface area contributed by atoms with E-state index in [1.807, 2.05) is 9.47 Å². The number of aromatic nitrogens is 2. The maximum absolute atomic E-state index is 13.7. The Hall–Kier alpha value is -2.55. The van der Waals surface area contributed by atoms with Crippen molar-refractivity contribution in [1.29, 1.82) is 0 Å². The average molecular weight is 537 g/mol. The molecule has 0 saturated heterocycles. The highest BCUT2D eigenvalue weighted by molar-refractivity contribution is 6.42. The highest BCUT2D eigenvalue weighted by atomic mass is 35.5. The summed E-state index contributed by atoms with van der Waals surface area (Å²) < 4.78 is 15.6. The summed E-state index contributed by atoms with van der Waals surface area (Å²) in [6.07, 6.45) is 1.78. The lowest BCUT2D eigenvalue weighted by Gasteiger charge is -2.40. The monoisotopic (exact) mass is 536 g/mol. The summed E-state index contributed by atoms with van der Waals surface area (Å²) in [6, 6.07) is 6.92. The van der Waals surface area contributed by atoms with Gasteiger partial charge in [-0.05, 0) is 54.2 Å². The SMILES string of the molecule is CC(C)(C)C[C@@H](Cn1cnc2cc(Cl)c(Cl)cc21)N(C(=O)O)[C@@H](CO)CN1CCc2cc(F)ccc21. The minimum absolute atomic E-state index is 0.187. The molecule has 10 heteroatoms. The van der Waals surface area contributed by atoms with Gasteiger partial charge in [-0.3, -0.25) is 4.90 Å². The number of imidazole rings is 1. The lowest BCUT2D eigenvalue weighted by Crippen LogP contribution is -2.55. The molecule has 0 unspecified atom stereocenters. The van der Waals surface area contributed by atoms with Gasteiger partial charge >= 0.3 is 6.09 Å². The van der Waals surface area contributed by atoms with E-state index in [9.17, 15) is 19.4 Å². The number of carboxylic acid groups (broad SMARTS) is 1. The predicted molar refractivity (Wildman–Crippen MR) is 141 cm³/mol. The number of halogens is 3. The molecule has 36 heavy (non-hydrogen) atoms. The van der Waals surface area contributed by atoms with Gasteiger partial charge in [-0.25, -0.2) is 14.2 Å². The van der Waals surface area contributed by atoms with E-state index in [0.29, 0.717) is 48.0 Å². The summed E-state index contributed by atoms with van der Waals surface area (Å²) >= 11 is 12.4. The minimum Gasteiger partial charge on any atom is -0.465 e. The maximum atomic E-state index is 13.7. The van der Waals surface area contributed by atoms with Crippen LogP contribution in [0.4, 0.5) is 14.9 Å². The van der Waals surface area contributed by atoms with Crippen molar-refractivity contribution < 1.29 is 19.4 Å². The number of carbonyl (C=O) groups is 1. The Balaban J connectivity index is 1.66. The second-order valence-electron chi connectivity index (χ2n) is 10.6. The first-order valence-corrected chi connectivity index (χ1v) is 12.7. The summed E-state index contributed by atoms with van der Waals surface area (Å²) in [5.41, 5.74) is 3.00. The molecule has 194 valence electrons. The molecule has 2 N–H and O–H groups in total. The first-order chi connectivity index (χ1) is 17.0. The number of nitrogens with zero attached hydrogens (tertiary/aromatic N) is 4. The Labute approximate surface area is 220 Å². The number of fused-ring (bicyclic) bond motifs is 2. The smallest absolute Gasteiger partial charge is 0.408 e. The summed E-state index contributed by atoms with van der Waals surface area (Å²) in [5, 5.41) is 21.5. The highest BCUT2D eigenvalue weighted by Crippen LogP contribution is 2.32. The second-order valence-corrected chi connectivity index (χ2v) is 11.4. The molecule has 0 bridgehead atoms. The van der Waals surface area contributed by atoms with Gasteiger partial charge in [0.15, 0.2) is 0 Å². The summed E-state index contributed by atoms with van der Waals surface area (Å²) in [6.45, 7) is 7.10. The molecule has 1 amide bonds. The zero-order valence-corrected chi connectivity index (χ0v) is 22.1. The zero-order chi connectivity index (χ0) is 26.2. The van der Waals surface area contributed by atoms with Crippen molar-refractivity contribution in [3.63, 3.8) is 0 Å². The molecule has 1 aliphatic rings. The van der Waals surface area contributed by atoms with Crippen LogP contribution in [0.2, 0.25) is 10.0 Å². The van der Waals surface area contributed by atoms with Crippen molar-refractivity contribution in [2.45, 2.75) is 52.2 Å². The molecular formula is C26H31Cl2FN4O3. The van der Waals surface area contributed by atoms with Gasteiger partial charge in [-0.15, -0.1) is 0 Å². The minimum atomic E-state index is -1.10. The molecule has 4 rings (SSSR count). The topological polar surface area (TPSA) is 81.8 Å². The number of aliphatic hydroxyl groups excluding tert-OH is 1. The quantitative estimate of drug-likeness (QED) is 0.386. The van der Waals surface area contributed by atoms with Gasteiger partial charge in [0, 0.05) is 25.3 Å². The third-order valence-corrected chi connectivity index (χ3v) is 7.32. The first kappa shape index (κ1) is 26.5. The van der Waals surface area contributed by atoms with Crippen molar-refractivity contribution in [1.82, 2.24) is 14.5 Å². The van der Waals surface area contributed by atoms with Crippen LogP contribution >= 0.6 is 23.2 Å². The van der Waals surface area contributed by atoms with E-state index in [1.54, 1.807) is 24.5 Å². The standard InChI is InChI=1S/C26H31Cl2FN4O3/c1-26(2,3)11-18(12-32-15-30-22-9-20(27)21(28)10-24(22)32)33(25(35)36)19(14-34)13-31-7-6-16-8-17(29)4-5-23(16)31/h4-5,8-10,15,18-19,34H,6-7,11-14H2,1-3H3,(H,35,36)/t18-,19+/m0/s1. The van der Waals surface area contributed by atoms with Gasteiger partial charge in [0.25, 0.3) is 0 Å². The van der Waals surface area contributed by atoms with Crippen LogP contribution in [-0.4, -0.2) is 62.5 Å². The summed E-state index contributed by atoms with van der Waals surface area (Å²) in [7, 11) is 0. The molecule has 2 heterocycles. The van der Waals surface area contributed by atoms with E-state index >= 15 is 0 Å². The molecule has 1 aliphatic heterocycles. The fraction of sp³-hybridized carbons (Fsp3) is 0.462. The number of hydrogen-bond acceptors (Lipinski definition) is 4.